The molecule has 5 heteroatoms. The average Bonchev–Trinajstić information content (AvgIpc) is 2.39. The van der Waals surface area contributed by atoms with Crippen molar-refractivity contribution in [1.29, 1.82) is 0 Å². The van der Waals surface area contributed by atoms with E-state index >= 15 is 0 Å². The maximum absolute atomic E-state index is 11.9. The molecule has 96 valence electrons. The quantitative estimate of drug-likeness (QED) is 0.595. The number of likely N-dealkylation sites (tertiary alicyclic amines) is 1. The molecule has 0 aliphatic carbocycles. The number of hydrogen-bond acceptors (Lipinski definition) is 4. The third-order valence-electron chi connectivity index (χ3n) is 3.01. The van der Waals surface area contributed by atoms with Gasteiger partial charge in [-0.05, 0) is 18.6 Å². The monoisotopic (exact) mass is 248 g/mol. The Balaban J connectivity index is 1.90. The van der Waals surface area contributed by atoms with Gasteiger partial charge in [0.05, 0.1) is 5.56 Å². The van der Waals surface area contributed by atoms with Gasteiger partial charge in [-0.25, -0.2) is 4.79 Å². The molecule has 1 amide bonds. The van der Waals surface area contributed by atoms with Crippen LogP contribution in [0.1, 0.15) is 28.8 Å². The SMILES string of the molecule is Cc1cncc(C(=O)OC2CCN(C=O)CC2)c1. The van der Waals surface area contributed by atoms with Crippen LogP contribution in [-0.2, 0) is 9.53 Å². The summed E-state index contributed by atoms with van der Waals surface area (Å²) in [6.07, 6.45) is 5.33. The van der Waals surface area contributed by atoms with Crippen LogP contribution in [0.2, 0.25) is 0 Å². The Kier molecular flexibility index (Phi) is 3.92. The van der Waals surface area contributed by atoms with E-state index in [-0.39, 0.29) is 12.1 Å². The molecule has 0 atom stereocenters. The lowest BCUT2D eigenvalue weighted by molar-refractivity contribution is -0.120. The van der Waals surface area contributed by atoms with E-state index in [1.807, 2.05) is 6.92 Å². The van der Waals surface area contributed by atoms with E-state index in [2.05, 4.69) is 4.98 Å². The second-order valence-electron chi connectivity index (χ2n) is 4.50. The molecule has 2 heterocycles. The van der Waals surface area contributed by atoms with Gasteiger partial charge in [0.1, 0.15) is 6.10 Å². The smallest absolute Gasteiger partial charge is 0.339 e. The van der Waals surface area contributed by atoms with Crippen molar-refractivity contribution < 1.29 is 14.3 Å². The highest BCUT2D eigenvalue weighted by molar-refractivity contribution is 5.89. The highest BCUT2D eigenvalue weighted by Gasteiger charge is 2.22. The second kappa shape index (κ2) is 5.62. The third-order valence-corrected chi connectivity index (χ3v) is 3.01. The van der Waals surface area contributed by atoms with E-state index in [1.165, 1.54) is 6.20 Å². The molecule has 2 rings (SSSR count). The van der Waals surface area contributed by atoms with Gasteiger partial charge in [0.25, 0.3) is 0 Å². The molecule has 1 saturated heterocycles. The van der Waals surface area contributed by atoms with Crippen LogP contribution < -0.4 is 0 Å². The summed E-state index contributed by atoms with van der Waals surface area (Å²) >= 11 is 0. The second-order valence-corrected chi connectivity index (χ2v) is 4.50. The van der Waals surface area contributed by atoms with E-state index < -0.39 is 0 Å². The standard InChI is InChI=1S/C13H16N2O3/c1-10-6-11(8-14-7-10)13(17)18-12-2-4-15(9-16)5-3-12/h6-9,12H,2-5H2,1H3. The van der Waals surface area contributed by atoms with E-state index in [0.717, 1.165) is 12.0 Å². The van der Waals surface area contributed by atoms with Crippen LogP contribution in [0.3, 0.4) is 0 Å². The van der Waals surface area contributed by atoms with Crippen molar-refractivity contribution in [2.24, 2.45) is 0 Å². The normalized spacial score (nSPS) is 16.4. The zero-order chi connectivity index (χ0) is 13.0. The van der Waals surface area contributed by atoms with Crippen molar-refractivity contribution in [3.8, 4) is 0 Å². The van der Waals surface area contributed by atoms with Crippen molar-refractivity contribution in [2.45, 2.75) is 25.9 Å². The fraction of sp³-hybridized carbons (Fsp3) is 0.462. The number of carbonyl (C=O) groups excluding carboxylic acids is 2. The average molecular weight is 248 g/mol. The number of nitrogens with zero attached hydrogens (tertiary/aromatic N) is 2. The largest absolute Gasteiger partial charge is 0.459 e. The zero-order valence-corrected chi connectivity index (χ0v) is 10.3. The first-order chi connectivity index (χ1) is 8.69. The number of ether oxygens (including phenoxy) is 1. The molecular formula is C13H16N2O3. The first kappa shape index (κ1) is 12.5. The summed E-state index contributed by atoms with van der Waals surface area (Å²) in [6.45, 7) is 3.17. The molecule has 1 aromatic rings. The molecule has 1 fully saturated rings. The van der Waals surface area contributed by atoms with Crippen LogP contribution in [0.15, 0.2) is 18.5 Å². The summed E-state index contributed by atoms with van der Waals surface area (Å²) in [5.74, 6) is -0.337. The molecule has 0 N–H and O–H groups in total. The molecule has 1 aromatic heterocycles. The number of aromatic nitrogens is 1. The van der Waals surface area contributed by atoms with E-state index in [4.69, 9.17) is 4.74 Å². The molecule has 5 nitrogen and oxygen atoms in total. The molecule has 1 aliphatic heterocycles. The van der Waals surface area contributed by atoms with Gasteiger partial charge in [-0.3, -0.25) is 9.78 Å². The van der Waals surface area contributed by atoms with Crippen LogP contribution in [0.4, 0.5) is 0 Å². The molecule has 0 radical (unpaired) electrons. The predicted octanol–water partition coefficient (Wildman–Crippen LogP) is 1.17. The Labute approximate surface area is 106 Å². The van der Waals surface area contributed by atoms with Crippen molar-refractivity contribution in [3.05, 3.63) is 29.6 Å². The number of rotatable bonds is 3. The fourth-order valence-corrected chi connectivity index (χ4v) is 1.99. The zero-order valence-electron chi connectivity index (χ0n) is 10.3. The minimum atomic E-state index is -0.337. The number of esters is 1. The lowest BCUT2D eigenvalue weighted by Crippen LogP contribution is -2.36. The lowest BCUT2D eigenvalue weighted by Gasteiger charge is -2.28. The first-order valence-electron chi connectivity index (χ1n) is 6.01. The summed E-state index contributed by atoms with van der Waals surface area (Å²) in [5.41, 5.74) is 1.41. The van der Waals surface area contributed by atoms with Crippen LogP contribution in [0.5, 0.6) is 0 Å². The number of amides is 1. The highest BCUT2D eigenvalue weighted by atomic mass is 16.5. The molecule has 18 heavy (non-hydrogen) atoms. The molecule has 0 spiro atoms. The van der Waals surface area contributed by atoms with Gasteiger partial charge in [0.15, 0.2) is 0 Å². The number of piperidine rings is 1. The predicted molar refractivity (Wildman–Crippen MR) is 65.0 cm³/mol. The lowest BCUT2D eigenvalue weighted by atomic mass is 10.1. The Hall–Kier alpha value is -1.91. The maximum atomic E-state index is 11.9. The van der Waals surface area contributed by atoms with Gasteiger partial charge in [0.2, 0.25) is 6.41 Å². The van der Waals surface area contributed by atoms with Gasteiger partial charge in [-0.1, -0.05) is 0 Å². The molecule has 0 saturated carbocycles. The molecule has 0 unspecified atom stereocenters. The summed E-state index contributed by atoms with van der Waals surface area (Å²) in [6, 6.07) is 1.76. The van der Waals surface area contributed by atoms with Gasteiger partial charge in [0, 0.05) is 38.3 Å². The van der Waals surface area contributed by atoms with Crippen molar-refractivity contribution in [3.63, 3.8) is 0 Å². The Morgan fingerprint density at radius 2 is 2.17 bits per heavy atom. The van der Waals surface area contributed by atoms with Gasteiger partial charge >= 0.3 is 5.97 Å². The maximum Gasteiger partial charge on any atom is 0.339 e. The summed E-state index contributed by atoms with van der Waals surface area (Å²) in [4.78, 5) is 28.1. The Morgan fingerprint density at radius 3 is 2.78 bits per heavy atom. The van der Waals surface area contributed by atoms with Crippen molar-refractivity contribution >= 4 is 12.4 Å². The third kappa shape index (κ3) is 3.06. The van der Waals surface area contributed by atoms with Crippen LogP contribution in [-0.4, -0.2) is 41.5 Å². The summed E-state index contributed by atoms with van der Waals surface area (Å²) < 4.78 is 5.40. The van der Waals surface area contributed by atoms with Gasteiger partial charge in [-0.2, -0.15) is 0 Å². The van der Waals surface area contributed by atoms with Crippen LogP contribution >= 0.6 is 0 Å². The summed E-state index contributed by atoms with van der Waals surface area (Å²) in [7, 11) is 0. The number of hydrogen-bond donors (Lipinski definition) is 0. The van der Waals surface area contributed by atoms with Gasteiger partial charge < -0.3 is 9.64 Å². The van der Waals surface area contributed by atoms with E-state index in [0.29, 0.717) is 31.5 Å². The first-order valence-corrected chi connectivity index (χ1v) is 6.01. The number of aryl methyl sites for hydroxylation is 1. The van der Waals surface area contributed by atoms with E-state index in [9.17, 15) is 9.59 Å². The van der Waals surface area contributed by atoms with Crippen LogP contribution in [0, 0.1) is 6.92 Å². The van der Waals surface area contributed by atoms with Crippen molar-refractivity contribution in [1.82, 2.24) is 9.88 Å². The highest BCUT2D eigenvalue weighted by Crippen LogP contribution is 2.14. The molecular weight excluding hydrogens is 232 g/mol. The summed E-state index contributed by atoms with van der Waals surface area (Å²) in [5, 5.41) is 0. The number of carbonyl (C=O) groups is 2. The van der Waals surface area contributed by atoms with Gasteiger partial charge in [-0.15, -0.1) is 0 Å². The molecule has 1 aliphatic rings. The number of pyridine rings is 1. The molecule has 0 bridgehead atoms. The minimum Gasteiger partial charge on any atom is -0.459 e. The van der Waals surface area contributed by atoms with E-state index in [1.54, 1.807) is 17.2 Å². The minimum absolute atomic E-state index is 0.103. The molecule has 0 aromatic carbocycles. The van der Waals surface area contributed by atoms with Crippen molar-refractivity contribution in [2.75, 3.05) is 13.1 Å². The topological polar surface area (TPSA) is 59.5 Å². The van der Waals surface area contributed by atoms with Crippen LogP contribution in [0.25, 0.3) is 0 Å². The Bertz CT molecular complexity index is 440. The fourth-order valence-electron chi connectivity index (χ4n) is 1.99. The Morgan fingerprint density at radius 1 is 1.44 bits per heavy atom.